The number of aromatic nitrogens is 1. The first-order valence-corrected chi connectivity index (χ1v) is 10.4. The molecule has 0 radical (unpaired) electrons. The van der Waals surface area contributed by atoms with Crippen molar-refractivity contribution in [2.24, 2.45) is 0 Å². The molecule has 0 fully saturated rings. The molecule has 33 heavy (non-hydrogen) atoms. The van der Waals surface area contributed by atoms with Crippen molar-refractivity contribution in [3.8, 4) is 11.3 Å². The summed E-state index contributed by atoms with van der Waals surface area (Å²) < 4.78 is 4.86. The highest BCUT2D eigenvalue weighted by Crippen LogP contribution is 2.25. The van der Waals surface area contributed by atoms with Gasteiger partial charge < -0.3 is 9.73 Å². The molecule has 4 rings (SSSR count). The van der Waals surface area contributed by atoms with E-state index in [0.29, 0.717) is 27.2 Å². The van der Waals surface area contributed by atoms with Gasteiger partial charge in [-0.1, -0.05) is 41.9 Å². The Morgan fingerprint density at radius 2 is 1.73 bits per heavy atom. The fourth-order valence-electron chi connectivity index (χ4n) is 3.16. The minimum atomic E-state index is -0.897. The number of carbonyl (C=O) groups excluding carboxylic acids is 3. The molecule has 3 amide bonds. The lowest BCUT2D eigenvalue weighted by molar-refractivity contribution is -0.123. The third-order valence-corrected chi connectivity index (χ3v) is 5.18. The zero-order valence-corrected chi connectivity index (χ0v) is 18.2. The molecular weight excluding hydrogens is 444 g/mol. The molecule has 1 atom stereocenters. The van der Waals surface area contributed by atoms with Crippen LogP contribution in [0, 0.1) is 0 Å². The number of fused-ring (bicyclic) bond motifs is 1. The van der Waals surface area contributed by atoms with Crippen LogP contribution in [0.1, 0.15) is 27.6 Å². The van der Waals surface area contributed by atoms with Crippen LogP contribution in [0.2, 0.25) is 5.02 Å². The highest BCUT2D eigenvalue weighted by atomic mass is 35.5. The fraction of sp³-hybridized carbons (Fsp3) is 0.0833. The Morgan fingerprint density at radius 3 is 2.45 bits per heavy atom. The Bertz CT molecular complexity index is 1320. The Kier molecular flexibility index (Phi) is 6.37. The monoisotopic (exact) mass is 462 g/mol. The molecule has 4 aromatic rings. The zero-order chi connectivity index (χ0) is 23.4. The summed E-state index contributed by atoms with van der Waals surface area (Å²) >= 11 is 5.98. The second-order valence-corrected chi connectivity index (χ2v) is 7.67. The number of nitrogens with one attached hydrogen (secondary N) is 3. The number of hydrogen-bond donors (Lipinski definition) is 3. The highest BCUT2D eigenvalue weighted by molar-refractivity contribution is 6.30. The van der Waals surface area contributed by atoms with Gasteiger partial charge in [0, 0.05) is 16.0 Å². The summed E-state index contributed by atoms with van der Waals surface area (Å²) in [5, 5.41) is 3.75. The largest absolute Gasteiger partial charge is 0.472 e. The number of carbonyl (C=O) groups is 3. The summed E-state index contributed by atoms with van der Waals surface area (Å²) in [5.74, 6) is -1.58. The van der Waals surface area contributed by atoms with Crippen molar-refractivity contribution in [1.82, 2.24) is 21.2 Å². The predicted octanol–water partition coefficient (Wildman–Crippen LogP) is 3.73. The van der Waals surface area contributed by atoms with Gasteiger partial charge in [-0.15, -0.1) is 0 Å². The van der Waals surface area contributed by atoms with E-state index in [1.807, 2.05) is 18.2 Å². The number of hydrazine groups is 1. The summed E-state index contributed by atoms with van der Waals surface area (Å²) in [7, 11) is 0. The minimum absolute atomic E-state index is 0.289. The van der Waals surface area contributed by atoms with E-state index >= 15 is 0 Å². The number of para-hydroxylation sites is 1. The standard InChI is InChI=1S/C24H19ClN4O4/c1-14(26-23(31)16-10-11-33-13-16)22(30)28-29-24(32)19-12-21(15-6-8-17(25)9-7-15)27-20-5-3-2-4-18(19)20/h2-14H,1H3,(H,26,31)(H,28,30)(H,29,32). The van der Waals surface area contributed by atoms with Gasteiger partial charge in [-0.25, -0.2) is 4.98 Å². The van der Waals surface area contributed by atoms with Crippen LogP contribution in [0.5, 0.6) is 0 Å². The maximum Gasteiger partial charge on any atom is 0.270 e. The lowest BCUT2D eigenvalue weighted by Gasteiger charge is -2.15. The first-order valence-electron chi connectivity index (χ1n) is 10.0. The number of nitrogens with zero attached hydrogens (tertiary/aromatic N) is 1. The van der Waals surface area contributed by atoms with Crippen molar-refractivity contribution in [2.75, 3.05) is 0 Å². The number of rotatable bonds is 5. The molecule has 0 aliphatic carbocycles. The second-order valence-electron chi connectivity index (χ2n) is 7.23. The van der Waals surface area contributed by atoms with E-state index in [-0.39, 0.29) is 5.56 Å². The van der Waals surface area contributed by atoms with E-state index in [0.717, 1.165) is 5.56 Å². The van der Waals surface area contributed by atoms with Crippen LogP contribution in [0.3, 0.4) is 0 Å². The second kappa shape index (κ2) is 9.54. The third kappa shape index (κ3) is 5.02. The van der Waals surface area contributed by atoms with Gasteiger partial charge in [0.05, 0.1) is 28.6 Å². The summed E-state index contributed by atoms with van der Waals surface area (Å²) in [6.07, 6.45) is 2.63. The molecule has 3 N–H and O–H groups in total. The quantitative estimate of drug-likeness (QED) is 0.391. The lowest BCUT2D eigenvalue weighted by Crippen LogP contribution is -2.51. The van der Waals surface area contributed by atoms with Gasteiger partial charge in [0.25, 0.3) is 17.7 Å². The topological polar surface area (TPSA) is 113 Å². The van der Waals surface area contributed by atoms with Crippen LogP contribution in [0.15, 0.2) is 77.6 Å². The molecule has 1 unspecified atom stereocenters. The number of hydrogen-bond acceptors (Lipinski definition) is 5. The lowest BCUT2D eigenvalue weighted by atomic mass is 10.0. The van der Waals surface area contributed by atoms with Gasteiger partial charge in [0.2, 0.25) is 0 Å². The molecule has 0 saturated heterocycles. The van der Waals surface area contributed by atoms with Crippen LogP contribution in [0.25, 0.3) is 22.2 Å². The summed E-state index contributed by atoms with van der Waals surface area (Å²) in [6.45, 7) is 1.50. The molecule has 0 spiro atoms. The maximum atomic E-state index is 13.0. The van der Waals surface area contributed by atoms with E-state index in [4.69, 9.17) is 16.0 Å². The van der Waals surface area contributed by atoms with E-state index in [1.165, 1.54) is 25.5 Å². The van der Waals surface area contributed by atoms with Crippen molar-refractivity contribution in [3.63, 3.8) is 0 Å². The van der Waals surface area contributed by atoms with Gasteiger partial charge in [-0.2, -0.15) is 0 Å². The Balaban J connectivity index is 1.51. The number of pyridine rings is 1. The molecule has 8 nitrogen and oxygen atoms in total. The van der Waals surface area contributed by atoms with Gasteiger partial charge in [-0.05, 0) is 37.3 Å². The summed E-state index contributed by atoms with van der Waals surface area (Å²) in [4.78, 5) is 42.0. The van der Waals surface area contributed by atoms with Gasteiger partial charge in [0.1, 0.15) is 12.3 Å². The van der Waals surface area contributed by atoms with E-state index in [2.05, 4.69) is 21.2 Å². The Hall–Kier alpha value is -4.17. The SMILES string of the molecule is CC(NC(=O)c1ccoc1)C(=O)NNC(=O)c1cc(-c2ccc(Cl)cc2)nc2ccccc12. The molecule has 2 heterocycles. The predicted molar refractivity (Wildman–Crippen MR) is 123 cm³/mol. The minimum Gasteiger partial charge on any atom is -0.472 e. The third-order valence-electron chi connectivity index (χ3n) is 4.92. The fourth-order valence-corrected chi connectivity index (χ4v) is 3.29. The summed E-state index contributed by atoms with van der Waals surface area (Å²) in [6, 6.07) is 16.6. The molecule has 0 bridgehead atoms. The Morgan fingerprint density at radius 1 is 0.970 bits per heavy atom. The number of halogens is 1. The smallest absolute Gasteiger partial charge is 0.270 e. The van der Waals surface area contributed by atoms with Crippen LogP contribution in [-0.2, 0) is 4.79 Å². The molecule has 9 heteroatoms. The molecule has 0 saturated carbocycles. The van der Waals surface area contributed by atoms with E-state index in [9.17, 15) is 14.4 Å². The van der Waals surface area contributed by atoms with Crippen molar-refractivity contribution < 1.29 is 18.8 Å². The van der Waals surface area contributed by atoms with Crippen LogP contribution in [0.4, 0.5) is 0 Å². The molecule has 166 valence electrons. The van der Waals surface area contributed by atoms with Crippen molar-refractivity contribution in [2.45, 2.75) is 13.0 Å². The van der Waals surface area contributed by atoms with Crippen LogP contribution in [-0.4, -0.2) is 28.7 Å². The highest BCUT2D eigenvalue weighted by Gasteiger charge is 2.19. The van der Waals surface area contributed by atoms with Crippen LogP contribution >= 0.6 is 11.6 Å². The van der Waals surface area contributed by atoms with Gasteiger partial charge in [0.15, 0.2) is 0 Å². The van der Waals surface area contributed by atoms with Crippen molar-refractivity contribution in [1.29, 1.82) is 0 Å². The zero-order valence-electron chi connectivity index (χ0n) is 17.5. The molecular formula is C24H19ClN4O4. The Labute approximate surface area is 193 Å². The first-order chi connectivity index (χ1) is 15.9. The van der Waals surface area contributed by atoms with Crippen LogP contribution < -0.4 is 16.2 Å². The molecule has 0 aliphatic rings. The molecule has 0 aliphatic heterocycles. The average Bonchev–Trinajstić information content (AvgIpc) is 3.37. The molecule has 2 aromatic heterocycles. The van der Waals surface area contributed by atoms with Gasteiger partial charge in [-0.3, -0.25) is 25.2 Å². The first kappa shape index (κ1) is 22.0. The van der Waals surface area contributed by atoms with Gasteiger partial charge >= 0.3 is 0 Å². The maximum absolute atomic E-state index is 13.0. The average molecular weight is 463 g/mol. The summed E-state index contributed by atoms with van der Waals surface area (Å²) in [5.41, 5.74) is 7.38. The van der Waals surface area contributed by atoms with Crippen molar-refractivity contribution >= 4 is 40.2 Å². The number of amides is 3. The normalized spacial score (nSPS) is 11.6. The number of furan rings is 1. The van der Waals surface area contributed by atoms with E-state index in [1.54, 1.807) is 36.4 Å². The van der Waals surface area contributed by atoms with Crippen molar-refractivity contribution in [3.05, 3.63) is 89.3 Å². The molecule has 2 aromatic carbocycles. The van der Waals surface area contributed by atoms with E-state index < -0.39 is 23.8 Å². The number of benzene rings is 2.